The molecule has 12 heteroatoms. The van der Waals surface area contributed by atoms with E-state index in [2.05, 4.69) is 16.5 Å². The molecule has 31 heavy (non-hydrogen) atoms. The molecule has 0 aliphatic carbocycles. The molecule has 0 bridgehead atoms. The van der Waals surface area contributed by atoms with Gasteiger partial charge in [-0.2, -0.15) is 0 Å². The van der Waals surface area contributed by atoms with Gasteiger partial charge in [0, 0.05) is 26.2 Å². The molecule has 0 amide bonds. The van der Waals surface area contributed by atoms with Gasteiger partial charge in [0.2, 0.25) is 31.8 Å². The Hall–Kier alpha value is -1.76. The fourth-order valence-electron chi connectivity index (χ4n) is 3.74. The van der Waals surface area contributed by atoms with Crippen LogP contribution in [0, 0.1) is 6.92 Å². The van der Waals surface area contributed by atoms with E-state index in [4.69, 9.17) is 9.47 Å². The number of sulfonamides is 2. The summed E-state index contributed by atoms with van der Waals surface area (Å²) >= 11 is 0. The summed E-state index contributed by atoms with van der Waals surface area (Å²) in [6.07, 6.45) is 6.04. The Morgan fingerprint density at radius 2 is 1.42 bits per heavy atom. The van der Waals surface area contributed by atoms with Crippen LogP contribution in [0.2, 0.25) is 0 Å². The fraction of sp³-hybridized carbons (Fsp3) is 0.684. The Bertz CT molecular complexity index is 983. The van der Waals surface area contributed by atoms with Crippen molar-refractivity contribution in [3.8, 4) is 11.8 Å². The summed E-state index contributed by atoms with van der Waals surface area (Å²) in [5.74, 6) is 0.785. The van der Waals surface area contributed by atoms with Gasteiger partial charge in [-0.1, -0.05) is 6.08 Å². The van der Waals surface area contributed by atoms with E-state index in [-0.39, 0.29) is 18.0 Å². The van der Waals surface area contributed by atoms with Gasteiger partial charge in [-0.05, 0) is 32.6 Å². The van der Waals surface area contributed by atoms with Crippen molar-refractivity contribution in [2.45, 2.75) is 44.8 Å². The summed E-state index contributed by atoms with van der Waals surface area (Å²) in [5.41, 5.74) is 0.676. The molecule has 2 saturated heterocycles. The number of rotatable bonds is 8. The van der Waals surface area contributed by atoms with Gasteiger partial charge < -0.3 is 9.47 Å². The van der Waals surface area contributed by atoms with Crippen molar-refractivity contribution in [3.05, 3.63) is 24.5 Å². The van der Waals surface area contributed by atoms with Crippen LogP contribution in [0.5, 0.6) is 11.8 Å². The normalized spacial score (nSPS) is 20.5. The van der Waals surface area contributed by atoms with Crippen molar-refractivity contribution in [2.75, 3.05) is 38.2 Å². The summed E-state index contributed by atoms with van der Waals surface area (Å²) in [7, 11) is -6.49. The molecule has 0 N–H and O–H groups in total. The topological polar surface area (TPSA) is 119 Å². The second-order valence-electron chi connectivity index (χ2n) is 7.87. The maximum atomic E-state index is 12.2. The first-order valence-corrected chi connectivity index (χ1v) is 13.7. The van der Waals surface area contributed by atoms with E-state index in [1.165, 1.54) is 27.3 Å². The highest BCUT2D eigenvalue weighted by atomic mass is 32.2. The van der Waals surface area contributed by atoms with Gasteiger partial charge in [0.25, 0.3) is 0 Å². The zero-order valence-corrected chi connectivity index (χ0v) is 19.6. The number of piperidine rings is 2. The van der Waals surface area contributed by atoms with E-state index in [0.29, 0.717) is 69.2 Å². The third kappa shape index (κ3) is 6.15. The first-order valence-electron chi connectivity index (χ1n) is 10.3. The van der Waals surface area contributed by atoms with Crippen molar-refractivity contribution in [1.82, 2.24) is 18.6 Å². The lowest BCUT2D eigenvalue weighted by Crippen LogP contribution is -2.42. The van der Waals surface area contributed by atoms with Gasteiger partial charge in [-0.25, -0.2) is 35.4 Å². The molecule has 2 fully saturated rings. The summed E-state index contributed by atoms with van der Waals surface area (Å²) in [5, 5.41) is 0. The summed E-state index contributed by atoms with van der Waals surface area (Å²) in [6.45, 7) is 6.95. The van der Waals surface area contributed by atoms with Crippen LogP contribution in [0.4, 0.5) is 0 Å². The molecule has 1 aromatic heterocycles. The molecular weight excluding hydrogens is 444 g/mol. The molecule has 0 spiro atoms. The molecule has 2 aliphatic heterocycles. The minimum atomic E-state index is -3.30. The highest BCUT2D eigenvalue weighted by Gasteiger charge is 2.30. The molecule has 2 aliphatic rings. The molecule has 10 nitrogen and oxygen atoms in total. The van der Waals surface area contributed by atoms with E-state index in [1.54, 1.807) is 0 Å². The zero-order valence-electron chi connectivity index (χ0n) is 17.9. The Kier molecular flexibility index (Phi) is 7.55. The Balaban J connectivity index is 1.56. The lowest BCUT2D eigenvalue weighted by Gasteiger charge is -2.31. The number of nitrogens with zero attached hydrogens (tertiary/aromatic N) is 4. The van der Waals surface area contributed by atoms with Crippen LogP contribution in [0.1, 0.15) is 31.2 Å². The molecular formula is C19H30N4O6S2. The predicted octanol–water partition coefficient (Wildman–Crippen LogP) is 0.947. The molecule has 0 aromatic carbocycles. The fourth-order valence-corrected chi connectivity index (χ4v) is 5.89. The van der Waals surface area contributed by atoms with E-state index in [1.807, 2.05) is 6.92 Å². The molecule has 0 unspecified atom stereocenters. The van der Waals surface area contributed by atoms with Crippen molar-refractivity contribution in [1.29, 1.82) is 0 Å². The Morgan fingerprint density at radius 1 is 0.968 bits per heavy atom. The lowest BCUT2D eigenvalue weighted by molar-refractivity contribution is 0.119. The van der Waals surface area contributed by atoms with Gasteiger partial charge in [-0.15, -0.1) is 6.58 Å². The van der Waals surface area contributed by atoms with E-state index < -0.39 is 20.0 Å². The van der Waals surface area contributed by atoms with Crippen molar-refractivity contribution >= 4 is 20.0 Å². The Morgan fingerprint density at radius 3 is 1.84 bits per heavy atom. The standard InChI is InChI=1S/C19H30N4O6S2/c1-4-13-31(26,27)23-11-7-17(8-12-23)29-19-15(2)18(20-14-21-19)28-16-5-9-22(10-6-16)30(3,24)25/h4,14,16-17H,1,5-13H2,2-3H3. The first-order chi connectivity index (χ1) is 14.6. The molecule has 0 atom stereocenters. The van der Waals surface area contributed by atoms with Gasteiger partial charge in [0.1, 0.15) is 18.5 Å². The van der Waals surface area contributed by atoms with E-state index >= 15 is 0 Å². The maximum absolute atomic E-state index is 12.2. The van der Waals surface area contributed by atoms with Crippen molar-refractivity contribution < 1.29 is 26.3 Å². The highest BCUT2D eigenvalue weighted by Crippen LogP contribution is 2.28. The van der Waals surface area contributed by atoms with Crippen LogP contribution < -0.4 is 9.47 Å². The van der Waals surface area contributed by atoms with Crippen LogP contribution in [0.15, 0.2) is 19.0 Å². The summed E-state index contributed by atoms with van der Waals surface area (Å²) < 4.78 is 62.6. The molecule has 0 saturated carbocycles. The second kappa shape index (κ2) is 9.80. The molecule has 1 aromatic rings. The Labute approximate surface area is 184 Å². The number of ether oxygens (including phenoxy) is 2. The maximum Gasteiger partial charge on any atom is 0.223 e. The average Bonchev–Trinajstić information content (AvgIpc) is 2.71. The van der Waals surface area contributed by atoms with Crippen LogP contribution >= 0.6 is 0 Å². The zero-order chi connectivity index (χ0) is 22.6. The minimum absolute atomic E-state index is 0.0621. The number of hydrogen-bond donors (Lipinski definition) is 0. The summed E-state index contributed by atoms with van der Waals surface area (Å²) in [6, 6.07) is 0. The molecule has 174 valence electrons. The van der Waals surface area contributed by atoms with Gasteiger partial charge >= 0.3 is 0 Å². The second-order valence-corrected chi connectivity index (χ2v) is 11.9. The number of hydrogen-bond acceptors (Lipinski definition) is 8. The SMILES string of the molecule is C=CCS(=O)(=O)N1CCC(Oc2ncnc(OC3CCN(S(C)(=O)=O)CC3)c2C)CC1. The van der Waals surface area contributed by atoms with Gasteiger partial charge in [-0.3, -0.25) is 0 Å². The van der Waals surface area contributed by atoms with Crippen LogP contribution in [-0.4, -0.2) is 85.8 Å². The van der Waals surface area contributed by atoms with Gasteiger partial charge in [0.05, 0.1) is 17.6 Å². The summed E-state index contributed by atoms with van der Waals surface area (Å²) in [4.78, 5) is 8.44. The van der Waals surface area contributed by atoms with E-state index in [9.17, 15) is 16.8 Å². The quantitative estimate of drug-likeness (QED) is 0.511. The largest absolute Gasteiger partial charge is 0.474 e. The number of aromatic nitrogens is 2. The predicted molar refractivity (Wildman–Crippen MR) is 116 cm³/mol. The minimum Gasteiger partial charge on any atom is -0.474 e. The first kappa shape index (κ1) is 23.9. The molecule has 0 radical (unpaired) electrons. The third-order valence-corrected chi connectivity index (χ3v) is 8.65. The molecule has 3 rings (SSSR count). The van der Waals surface area contributed by atoms with Crippen LogP contribution in [0.25, 0.3) is 0 Å². The van der Waals surface area contributed by atoms with Crippen molar-refractivity contribution in [2.24, 2.45) is 0 Å². The third-order valence-electron chi connectivity index (χ3n) is 5.54. The van der Waals surface area contributed by atoms with E-state index in [0.717, 1.165) is 0 Å². The monoisotopic (exact) mass is 474 g/mol. The van der Waals surface area contributed by atoms with Gasteiger partial charge in [0.15, 0.2) is 0 Å². The van der Waals surface area contributed by atoms with Crippen LogP contribution in [0.3, 0.4) is 0 Å². The molecule has 3 heterocycles. The highest BCUT2D eigenvalue weighted by molar-refractivity contribution is 7.89. The smallest absolute Gasteiger partial charge is 0.223 e. The van der Waals surface area contributed by atoms with Crippen LogP contribution in [-0.2, 0) is 20.0 Å². The lowest BCUT2D eigenvalue weighted by atomic mass is 10.1. The van der Waals surface area contributed by atoms with Crippen molar-refractivity contribution in [3.63, 3.8) is 0 Å². The average molecular weight is 475 g/mol.